The van der Waals surface area contributed by atoms with Gasteiger partial charge in [-0.15, -0.1) is 0 Å². The van der Waals surface area contributed by atoms with Gasteiger partial charge in [0, 0.05) is 42.5 Å². The van der Waals surface area contributed by atoms with E-state index in [0.29, 0.717) is 28.7 Å². The molecule has 0 aromatic heterocycles. The van der Waals surface area contributed by atoms with E-state index in [2.05, 4.69) is 5.32 Å². The summed E-state index contributed by atoms with van der Waals surface area (Å²) in [6.07, 6.45) is 1.77. The molecular formula is C30H35Cl2N3O4S. The Morgan fingerprint density at radius 1 is 0.925 bits per heavy atom. The number of likely N-dealkylation sites (N-methyl/N-ethyl adjacent to an activating group) is 1. The number of carbonyl (C=O) groups is 2. The van der Waals surface area contributed by atoms with E-state index in [1.165, 1.54) is 4.31 Å². The zero-order chi connectivity index (χ0) is 29.3. The van der Waals surface area contributed by atoms with E-state index in [9.17, 15) is 18.0 Å². The Labute approximate surface area is 247 Å². The summed E-state index contributed by atoms with van der Waals surface area (Å²) in [5.74, 6) is -0.501. The lowest BCUT2D eigenvalue weighted by atomic mass is 10.0. The van der Waals surface area contributed by atoms with E-state index in [0.717, 1.165) is 22.9 Å². The van der Waals surface area contributed by atoms with E-state index in [4.69, 9.17) is 23.2 Å². The molecule has 0 aliphatic heterocycles. The zero-order valence-corrected chi connectivity index (χ0v) is 25.3. The number of sulfonamides is 1. The third-order valence-corrected chi connectivity index (χ3v) is 8.15. The molecule has 214 valence electrons. The molecule has 0 saturated carbocycles. The molecule has 7 nitrogen and oxygen atoms in total. The third kappa shape index (κ3) is 8.98. The van der Waals surface area contributed by atoms with Crippen LogP contribution in [0, 0.1) is 6.92 Å². The molecule has 0 aliphatic carbocycles. The maximum atomic E-state index is 13.8. The SMILES string of the molecule is CCNC(=O)C(Cc1ccccc1)N(Cc1ccc(Cl)cc1)C(=O)CCCN(c1cc(Cl)ccc1C)S(C)(=O)=O. The van der Waals surface area contributed by atoms with Crippen LogP contribution in [-0.2, 0) is 32.6 Å². The van der Waals surface area contributed by atoms with Crippen molar-refractivity contribution in [1.82, 2.24) is 10.2 Å². The van der Waals surface area contributed by atoms with Crippen LogP contribution in [-0.4, -0.2) is 50.5 Å². The third-order valence-electron chi connectivity index (χ3n) is 6.48. The second kappa shape index (κ2) is 14.5. The predicted molar refractivity (Wildman–Crippen MR) is 162 cm³/mol. The fourth-order valence-corrected chi connectivity index (χ4v) is 5.77. The van der Waals surface area contributed by atoms with Crippen molar-refractivity contribution >= 4 is 50.7 Å². The van der Waals surface area contributed by atoms with Crippen LogP contribution in [0.4, 0.5) is 5.69 Å². The molecule has 0 bridgehead atoms. The first-order chi connectivity index (χ1) is 19.0. The number of benzene rings is 3. The Hall–Kier alpha value is -3.07. The summed E-state index contributed by atoms with van der Waals surface area (Å²) in [4.78, 5) is 28.6. The molecule has 40 heavy (non-hydrogen) atoms. The van der Waals surface area contributed by atoms with Crippen molar-refractivity contribution in [2.45, 2.75) is 45.7 Å². The van der Waals surface area contributed by atoms with E-state index >= 15 is 0 Å². The van der Waals surface area contributed by atoms with Gasteiger partial charge in [0.25, 0.3) is 0 Å². The molecule has 0 fully saturated rings. The van der Waals surface area contributed by atoms with Crippen molar-refractivity contribution < 1.29 is 18.0 Å². The van der Waals surface area contributed by atoms with Gasteiger partial charge in [-0.2, -0.15) is 0 Å². The maximum absolute atomic E-state index is 13.8. The quantitative estimate of drug-likeness (QED) is 0.274. The Morgan fingerprint density at radius 3 is 2.20 bits per heavy atom. The Balaban J connectivity index is 1.87. The van der Waals surface area contributed by atoms with E-state index in [1.807, 2.05) is 56.3 Å². The van der Waals surface area contributed by atoms with E-state index < -0.39 is 16.1 Å². The minimum absolute atomic E-state index is 0.0456. The van der Waals surface area contributed by atoms with Crippen LogP contribution in [0.25, 0.3) is 0 Å². The van der Waals surface area contributed by atoms with Crippen molar-refractivity contribution in [3.63, 3.8) is 0 Å². The highest BCUT2D eigenvalue weighted by Crippen LogP contribution is 2.27. The predicted octanol–water partition coefficient (Wildman–Crippen LogP) is 5.62. The molecule has 0 spiro atoms. The second-order valence-electron chi connectivity index (χ2n) is 9.62. The minimum atomic E-state index is -3.63. The molecule has 3 aromatic carbocycles. The zero-order valence-electron chi connectivity index (χ0n) is 22.9. The molecular weight excluding hydrogens is 569 g/mol. The topological polar surface area (TPSA) is 86.8 Å². The Morgan fingerprint density at radius 2 is 1.57 bits per heavy atom. The number of hydrogen-bond donors (Lipinski definition) is 1. The molecule has 1 atom stereocenters. The number of hydrogen-bond acceptors (Lipinski definition) is 4. The van der Waals surface area contributed by atoms with Gasteiger partial charge in [-0.25, -0.2) is 8.42 Å². The van der Waals surface area contributed by atoms with Crippen LogP contribution in [0.5, 0.6) is 0 Å². The van der Waals surface area contributed by atoms with Crippen LogP contribution in [0.3, 0.4) is 0 Å². The summed E-state index contributed by atoms with van der Waals surface area (Å²) in [5, 5.41) is 3.86. The molecule has 3 rings (SSSR count). The van der Waals surface area contributed by atoms with Gasteiger partial charge in [0.05, 0.1) is 11.9 Å². The van der Waals surface area contributed by atoms with Crippen molar-refractivity contribution in [1.29, 1.82) is 0 Å². The monoisotopic (exact) mass is 603 g/mol. The molecule has 3 aromatic rings. The molecule has 0 aliphatic rings. The number of halogens is 2. The van der Waals surface area contributed by atoms with Crippen molar-refractivity contribution in [2.24, 2.45) is 0 Å². The van der Waals surface area contributed by atoms with Crippen LogP contribution >= 0.6 is 23.2 Å². The maximum Gasteiger partial charge on any atom is 0.243 e. The van der Waals surface area contributed by atoms with Crippen LogP contribution < -0.4 is 9.62 Å². The molecule has 0 saturated heterocycles. The number of aryl methyl sites for hydroxylation is 1. The molecule has 1 unspecified atom stereocenters. The largest absolute Gasteiger partial charge is 0.355 e. The average molecular weight is 605 g/mol. The summed E-state index contributed by atoms with van der Waals surface area (Å²) in [6, 6.07) is 21.0. The summed E-state index contributed by atoms with van der Waals surface area (Å²) in [5.41, 5.74) is 2.98. The van der Waals surface area contributed by atoms with Gasteiger partial charge in [-0.1, -0.05) is 71.7 Å². The number of nitrogens with one attached hydrogen (secondary N) is 1. The number of rotatable bonds is 13. The first-order valence-electron chi connectivity index (χ1n) is 13.1. The fourth-order valence-electron chi connectivity index (χ4n) is 4.47. The van der Waals surface area contributed by atoms with E-state index in [1.54, 1.807) is 35.2 Å². The number of nitrogens with zero attached hydrogens (tertiary/aromatic N) is 2. The summed E-state index contributed by atoms with van der Waals surface area (Å²) >= 11 is 12.2. The molecule has 10 heteroatoms. The highest BCUT2D eigenvalue weighted by Gasteiger charge is 2.30. The second-order valence-corrected chi connectivity index (χ2v) is 12.4. The number of amides is 2. The number of carbonyl (C=O) groups excluding carboxylic acids is 2. The van der Waals surface area contributed by atoms with Gasteiger partial charge < -0.3 is 10.2 Å². The summed E-state index contributed by atoms with van der Waals surface area (Å²) in [6.45, 7) is 4.36. The summed E-state index contributed by atoms with van der Waals surface area (Å²) in [7, 11) is -3.63. The molecule has 0 radical (unpaired) electrons. The average Bonchev–Trinajstić information content (AvgIpc) is 2.91. The van der Waals surface area contributed by atoms with Gasteiger partial charge in [-0.05, 0) is 61.2 Å². The van der Waals surface area contributed by atoms with Crippen LogP contribution in [0.2, 0.25) is 10.0 Å². The lowest BCUT2D eigenvalue weighted by molar-refractivity contribution is -0.141. The van der Waals surface area contributed by atoms with Gasteiger partial charge in [0.1, 0.15) is 6.04 Å². The van der Waals surface area contributed by atoms with Gasteiger partial charge in [0.2, 0.25) is 21.8 Å². The summed E-state index contributed by atoms with van der Waals surface area (Å²) < 4.78 is 26.6. The first-order valence-corrected chi connectivity index (χ1v) is 15.7. The lowest BCUT2D eigenvalue weighted by Crippen LogP contribution is -2.50. The van der Waals surface area contributed by atoms with Gasteiger partial charge >= 0.3 is 0 Å². The van der Waals surface area contributed by atoms with E-state index in [-0.39, 0.29) is 37.7 Å². The standard InChI is InChI=1S/C30H35Cl2N3O4S/c1-4-33-30(37)28(19-23-9-6-5-7-10-23)34(21-24-13-16-25(31)17-14-24)29(36)11-8-18-35(40(3,38)39)27-20-26(32)15-12-22(27)2/h5-7,9-10,12-17,20,28H,4,8,11,18-19,21H2,1-3H3,(H,33,37). The Bertz CT molecular complexity index is 1400. The molecule has 2 amide bonds. The molecule has 0 heterocycles. The fraction of sp³-hybridized carbons (Fsp3) is 0.333. The molecule has 1 N–H and O–H groups in total. The number of anilines is 1. The Kier molecular flexibility index (Phi) is 11.4. The van der Waals surface area contributed by atoms with Crippen LogP contribution in [0.15, 0.2) is 72.8 Å². The van der Waals surface area contributed by atoms with Crippen molar-refractivity contribution in [2.75, 3.05) is 23.7 Å². The van der Waals surface area contributed by atoms with Gasteiger partial charge in [-0.3, -0.25) is 13.9 Å². The van der Waals surface area contributed by atoms with Gasteiger partial charge in [0.15, 0.2) is 0 Å². The smallest absolute Gasteiger partial charge is 0.243 e. The van der Waals surface area contributed by atoms with Crippen LogP contribution in [0.1, 0.15) is 36.5 Å². The first kappa shape index (κ1) is 31.5. The van der Waals surface area contributed by atoms with Crippen molar-refractivity contribution in [3.8, 4) is 0 Å². The highest BCUT2D eigenvalue weighted by molar-refractivity contribution is 7.92. The van der Waals surface area contributed by atoms with Crippen molar-refractivity contribution in [3.05, 3.63) is 99.5 Å². The lowest BCUT2D eigenvalue weighted by Gasteiger charge is -2.32. The normalized spacial score (nSPS) is 12.0. The highest BCUT2D eigenvalue weighted by atomic mass is 35.5. The minimum Gasteiger partial charge on any atom is -0.355 e.